The normalized spacial score (nSPS) is 24.5. The van der Waals surface area contributed by atoms with E-state index in [0.717, 1.165) is 21.1 Å². The van der Waals surface area contributed by atoms with Gasteiger partial charge in [-0.25, -0.2) is 9.59 Å². The van der Waals surface area contributed by atoms with E-state index in [1.54, 1.807) is 0 Å². The number of carbonyl (C=O) groups excluding carboxylic acids is 3. The Hall–Kier alpha value is -2.47. The van der Waals surface area contributed by atoms with Gasteiger partial charge in [0.2, 0.25) is 0 Å². The lowest BCUT2D eigenvalue weighted by Crippen LogP contribution is -2.32. The third-order valence-corrected chi connectivity index (χ3v) is 4.17. The monoisotopic (exact) mass is 387 g/mol. The Morgan fingerprint density at radius 2 is 1.67 bits per heavy atom. The van der Waals surface area contributed by atoms with Crippen molar-refractivity contribution < 1.29 is 48.7 Å². The molecule has 0 aliphatic carbocycles. The van der Waals surface area contributed by atoms with E-state index in [9.17, 15) is 29.7 Å². The molecule has 2 rings (SSSR count). The zero-order chi connectivity index (χ0) is 20.3. The van der Waals surface area contributed by atoms with Gasteiger partial charge in [0.05, 0.1) is 20.8 Å². The molecule has 0 amide bonds. The average molecular weight is 387 g/mol. The first kappa shape index (κ1) is 20.8. The zero-order valence-corrected chi connectivity index (χ0v) is 14.9. The van der Waals surface area contributed by atoms with Crippen LogP contribution >= 0.6 is 0 Å². The predicted molar refractivity (Wildman–Crippen MR) is 85.7 cm³/mol. The van der Waals surface area contributed by atoms with Crippen molar-refractivity contribution in [3.05, 3.63) is 22.5 Å². The maximum atomic E-state index is 12.2. The summed E-state index contributed by atoms with van der Waals surface area (Å²) < 4.78 is 19.7. The van der Waals surface area contributed by atoms with Gasteiger partial charge in [-0.2, -0.15) is 0 Å². The Kier molecular flexibility index (Phi) is 6.54. The molecule has 1 fully saturated rings. The van der Waals surface area contributed by atoms with Gasteiger partial charge in [0.15, 0.2) is 0 Å². The molecule has 2 heterocycles. The lowest BCUT2D eigenvalue weighted by atomic mass is 9.97. The quantitative estimate of drug-likeness (QED) is 0.344. The third kappa shape index (κ3) is 3.95. The number of rotatable bonds is 6. The molecule has 0 bridgehead atoms. The van der Waals surface area contributed by atoms with E-state index in [4.69, 9.17) is 9.47 Å². The number of ether oxygens (including phenoxy) is 4. The molecule has 27 heavy (non-hydrogen) atoms. The SMILES string of the molecule is COC(=O)c1[nH]c(C(=O)OC)c(C2OC(CO)C(O)C2O)c1COC(C)=O. The number of nitrogens with one attached hydrogen (secondary N) is 1. The van der Waals surface area contributed by atoms with Crippen LogP contribution in [0.5, 0.6) is 0 Å². The second kappa shape index (κ2) is 8.48. The minimum atomic E-state index is -1.53. The van der Waals surface area contributed by atoms with Crippen molar-refractivity contribution in [3.8, 4) is 0 Å². The Morgan fingerprint density at radius 3 is 2.15 bits per heavy atom. The molecule has 1 aliphatic rings. The van der Waals surface area contributed by atoms with Gasteiger partial charge < -0.3 is 39.3 Å². The maximum absolute atomic E-state index is 12.2. The second-order valence-electron chi connectivity index (χ2n) is 5.79. The van der Waals surface area contributed by atoms with Gasteiger partial charge in [0.1, 0.15) is 42.4 Å². The molecule has 0 spiro atoms. The predicted octanol–water partition coefficient (Wildman–Crippen LogP) is -1.20. The Labute approximate surface area is 153 Å². The summed E-state index contributed by atoms with van der Waals surface area (Å²) in [6.45, 7) is 0.128. The van der Waals surface area contributed by atoms with Gasteiger partial charge in [-0.15, -0.1) is 0 Å². The van der Waals surface area contributed by atoms with Crippen LogP contribution in [0.4, 0.5) is 0 Å². The first-order valence-electron chi connectivity index (χ1n) is 7.93. The Morgan fingerprint density at radius 1 is 1.07 bits per heavy atom. The molecule has 4 unspecified atom stereocenters. The highest BCUT2D eigenvalue weighted by Gasteiger charge is 2.47. The fourth-order valence-corrected chi connectivity index (χ4v) is 2.87. The summed E-state index contributed by atoms with van der Waals surface area (Å²) in [4.78, 5) is 38.0. The van der Waals surface area contributed by atoms with E-state index in [1.165, 1.54) is 0 Å². The van der Waals surface area contributed by atoms with Crippen molar-refractivity contribution in [1.29, 1.82) is 0 Å². The molecule has 0 aromatic carbocycles. The minimum Gasteiger partial charge on any atom is -0.464 e. The first-order chi connectivity index (χ1) is 12.8. The number of methoxy groups -OCH3 is 2. The molecule has 1 aromatic rings. The van der Waals surface area contributed by atoms with Crippen LogP contribution < -0.4 is 0 Å². The van der Waals surface area contributed by atoms with Crippen molar-refractivity contribution >= 4 is 17.9 Å². The largest absolute Gasteiger partial charge is 0.464 e. The number of carbonyl (C=O) groups is 3. The van der Waals surface area contributed by atoms with Crippen molar-refractivity contribution in [2.24, 2.45) is 0 Å². The number of hydrogen-bond acceptors (Lipinski definition) is 10. The second-order valence-corrected chi connectivity index (χ2v) is 5.79. The number of H-pyrrole nitrogens is 1. The summed E-state index contributed by atoms with van der Waals surface area (Å²) in [5.74, 6) is -2.40. The summed E-state index contributed by atoms with van der Waals surface area (Å²) in [6.07, 6.45) is -5.38. The van der Waals surface area contributed by atoms with Crippen LogP contribution in [0.15, 0.2) is 0 Å². The van der Waals surface area contributed by atoms with Crippen molar-refractivity contribution in [3.63, 3.8) is 0 Å². The highest BCUT2D eigenvalue weighted by Crippen LogP contribution is 2.39. The van der Waals surface area contributed by atoms with E-state index in [0.29, 0.717) is 0 Å². The Bertz CT molecular complexity index is 727. The zero-order valence-electron chi connectivity index (χ0n) is 14.9. The molecule has 0 radical (unpaired) electrons. The van der Waals surface area contributed by atoms with E-state index in [2.05, 4.69) is 14.5 Å². The lowest BCUT2D eigenvalue weighted by molar-refractivity contribution is -0.142. The van der Waals surface area contributed by atoms with Crippen molar-refractivity contribution in [2.75, 3.05) is 20.8 Å². The summed E-state index contributed by atoms with van der Waals surface area (Å²) in [5, 5.41) is 29.6. The summed E-state index contributed by atoms with van der Waals surface area (Å²) >= 11 is 0. The third-order valence-electron chi connectivity index (χ3n) is 4.17. The van der Waals surface area contributed by atoms with E-state index in [-0.39, 0.29) is 22.5 Å². The van der Waals surface area contributed by atoms with Crippen molar-refractivity contribution in [1.82, 2.24) is 4.98 Å². The molecule has 11 heteroatoms. The van der Waals surface area contributed by atoms with E-state index in [1.807, 2.05) is 0 Å². The number of hydrogen-bond donors (Lipinski definition) is 4. The van der Waals surface area contributed by atoms with Gasteiger partial charge in [-0.3, -0.25) is 4.79 Å². The molecule has 4 atom stereocenters. The fourth-order valence-electron chi connectivity index (χ4n) is 2.87. The highest BCUT2D eigenvalue weighted by molar-refractivity contribution is 5.96. The van der Waals surface area contributed by atoms with Crippen LogP contribution in [-0.2, 0) is 30.3 Å². The number of aliphatic hydroxyl groups is 3. The van der Waals surface area contributed by atoms with Crippen LogP contribution in [0.1, 0.15) is 45.1 Å². The van der Waals surface area contributed by atoms with Gasteiger partial charge in [-0.1, -0.05) is 0 Å². The topological polar surface area (TPSA) is 165 Å². The average Bonchev–Trinajstić information content (AvgIpc) is 3.16. The van der Waals surface area contributed by atoms with Gasteiger partial charge in [-0.05, 0) is 0 Å². The van der Waals surface area contributed by atoms with E-state index >= 15 is 0 Å². The molecular weight excluding hydrogens is 366 g/mol. The fraction of sp³-hybridized carbons (Fsp3) is 0.562. The minimum absolute atomic E-state index is 0.0206. The summed E-state index contributed by atoms with van der Waals surface area (Å²) in [5.41, 5.74) is -0.458. The summed E-state index contributed by atoms with van der Waals surface area (Å²) in [7, 11) is 2.22. The van der Waals surface area contributed by atoms with Crippen LogP contribution in [0.2, 0.25) is 0 Å². The molecule has 1 aliphatic heterocycles. The molecule has 4 N–H and O–H groups in total. The van der Waals surface area contributed by atoms with Crippen LogP contribution in [0.25, 0.3) is 0 Å². The van der Waals surface area contributed by atoms with E-state index < -0.39 is 55.5 Å². The smallest absolute Gasteiger partial charge is 0.354 e. The molecule has 1 saturated heterocycles. The number of esters is 3. The number of aliphatic hydroxyl groups excluding tert-OH is 3. The standard InChI is InChI=1S/C16H21NO10/c1-6(19)26-5-7-9(14-13(21)12(20)8(4-18)27-14)11(16(23)25-3)17-10(7)15(22)24-2/h8,12-14,17-18,20-21H,4-5H2,1-3H3. The van der Waals surface area contributed by atoms with Gasteiger partial charge in [0.25, 0.3) is 0 Å². The lowest BCUT2D eigenvalue weighted by Gasteiger charge is -2.17. The summed E-state index contributed by atoms with van der Waals surface area (Å²) in [6, 6.07) is 0. The van der Waals surface area contributed by atoms with Crippen LogP contribution in [-0.4, -0.2) is 77.3 Å². The Balaban J connectivity index is 2.63. The van der Waals surface area contributed by atoms with Crippen molar-refractivity contribution in [2.45, 2.75) is 37.9 Å². The molecule has 1 aromatic heterocycles. The molecule has 11 nitrogen and oxygen atoms in total. The molecule has 0 saturated carbocycles. The molecule has 150 valence electrons. The van der Waals surface area contributed by atoms with Crippen LogP contribution in [0, 0.1) is 0 Å². The first-order valence-corrected chi connectivity index (χ1v) is 7.93. The van der Waals surface area contributed by atoms with Gasteiger partial charge >= 0.3 is 17.9 Å². The van der Waals surface area contributed by atoms with Crippen LogP contribution in [0.3, 0.4) is 0 Å². The number of aromatic nitrogens is 1. The molecular formula is C16H21NO10. The van der Waals surface area contributed by atoms with Gasteiger partial charge in [0, 0.05) is 18.1 Å². The maximum Gasteiger partial charge on any atom is 0.354 e. The number of aromatic amines is 1. The highest BCUT2D eigenvalue weighted by atomic mass is 16.6.